The largest absolute Gasteiger partial charge is 0.463 e. The fraction of sp³-hybridized carbons (Fsp3) is 0.786. The minimum atomic E-state index is -1.06. The highest BCUT2D eigenvalue weighted by atomic mass is 16.8. The lowest BCUT2D eigenvalue weighted by molar-refractivity contribution is -0.160. The van der Waals surface area contributed by atoms with Crippen molar-refractivity contribution >= 4 is 5.97 Å². The van der Waals surface area contributed by atoms with Gasteiger partial charge in [0.1, 0.15) is 12.2 Å². The molecule has 0 aromatic carbocycles. The minimum Gasteiger partial charge on any atom is -0.463 e. The Morgan fingerprint density at radius 2 is 1.86 bits per heavy atom. The van der Waals surface area contributed by atoms with Gasteiger partial charge in [0, 0.05) is 18.5 Å². The number of nitrogens with two attached hydrogens (primary N) is 1. The highest BCUT2D eigenvalue weighted by Crippen LogP contribution is 2.33. The first kappa shape index (κ1) is 18.1. The van der Waals surface area contributed by atoms with E-state index in [1.165, 1.54) is 0 Å². The molecule has 7 nitrogen and oxygen atoms in total. The van der Waals surface area contributed by atoms with Gasteiger partial charge in [0.2, 0.25) is 0 Å². The van der Waals surface area contributed by atoms with Crippen LogP contribution in [0.25, 0.3) is 0 Å². The van der Waals surface area contributed by atoms with Crippen LogP contribution in [0.15, 0.2) is 12.2 Å². The van der Waals surface area contributed by atoms with Crippen LogP contribution in [0.3, 0.4) is 0 Å². The lowest BCUT2D eigenvalue weighted by Crippen LogP contribution is -2.45. The number of ether oxygens (including phenoxy) is 3. The summed E-state index contributed by atoms with van der Waals surface area (Å²) in [7, 11) is 0. The molecule has 0 aromatic heterocycles. The highest BCUT2D eigenvalue weighted by Gasteiger charge is 2.47. The standard InChI is InChI=1S/C14H25NO6/c1-5-19-13(18)8(2)6-9(16)11-12(10(17)7-15)21-14(3,4)20-11/h9-12,16-17H,2,5-7,15H2,1,3-4H3/t9-,10-,11?,12?/m1/s1. The Labute approximate surface area is 124 Å². The van der Waals surface area contributed by atoms with E-state index in [9.17, 15) is 15.0 Å². The molecule has 1 rings (SSSR count). The zero-order chi connectivity index (χ0) is 16.2. The van der Waals surface area contributed by atoms with Gasteiger partial charge in [-0.25, -0.2) is 4.79 Å². The fourth-order valence-corrected chi connectivity index (χ4v) is 2.23. The number of aliphatic hydroxyl groups is 2. The number of hydrogen-bond acceptors (Lipinski definition) is 7. The van der Waals surface area contributed by atoms with Crippen LogP contribution in [-0.4, -0.2) is 59.5 Å². The molecule has 4 N–H and O–H groups in total. The Morgan fingerprint density at radius 1 is 1.33 bits per heavy atom. The third kappa shape index (κ3) is 4.76. The Balaban J connectivity index is 2.72. The summed E-state index contributed by atoms with van der Waals surface area (Å²) < 4.78 is 16.0. The predicted octanol–water partition coefficient (Wildman–Crippen LogP) is -0.304. The molecule has 0 spiro atoms. The van der Waals surface area contributed by atoms with E-state index >= 15 is 0 Å². The molecule has 0 aliphatic carbocycles. The number of esters is 1. The average molecular weight is 303 g/mol. The Kier molecular flexibility index (Phi) is 6.30. The fourth-order valence-electron chi connectivity index (χ4n) is 2.23. The number of aliphatic hydroxyl groups excluding tert-OH is 2. The van der Waals surface area contributed by atoms with Crippen molar-refractivity contribution in [3.05, 3.63) is 12.2 Å². The van der Waals surface area contributed by atoms with Crippen LogP contribution in [0.1, 0.15) is 27.2 Å². The maximum absolute atomic E-state index is 11.5. The molecule has 4 atom stereocenters. The molecule has 0 bridgehead atoms. The van der Waals surface area contributed by atoms with Gasteiger partial charge in [-0.05, 0) is 20.8 Å². The summed E-state index contributed by atoms with van der Waals surface area (Å²) in [5.74, 6) is -1.51. The van der Waals surface area contributed by atoms with Gasteiger partial charge in [0.25, 0.3) is 0 Å². The first-order chi connectivity index (χ1) is 9.71. The zero-order valence-corrected chi connectivity index (χ0v) is 12.7. The van der Waals surface area contributed by atoms with Crippen molar-refractivity contribution in [3.63, 3.8) is 0 Å². The number of carbonyl (C=O) groups excluding carboxylic acids is 1. The van der Waals surface area contributed by atoms with Gasteiger partial charge in [-0.2, -0.15) is 0 Å². The molecule has 2 unspecified atom stereocenters. The second-order valence-electron chi connectivity index (χ2n) is 5.46. The first-order valence-corrected chi connectivity index (χ1v) is 6.98. The minimum absolute atomic E-state index is 0.0217. The van der Waals surface area contributed by atoms with E-state index < -0.39 is 36.2 Å². The summed E-state index contributed by atoms with van der Waals surface area (Å²) in [6, 6.07) is 0. The molecular weight excluding hydrogens is 278 g/mol. The second-order valence-corrected chi connectivity index (χ2v) is 5.46. The summed E-state index contributed by atoms with van der Waals surface area (Å²) in [6.07, 6.45) is -3.63. The van der Waals surface area contributed by atoms with Crippen LogP contribution in [-0.2, 0) is 19.0 Å². The zero-order valence-electron chi connectivity index (χ0n) is 12.7. The van der Waals surface area contributed by atoms with Crippen molar-refractivity contribution in [1.82, 2.24) is 0 Å². The summed E-state index contributed by atoms with van der Waals surface area (Å²) in [5, 5.41) is 20.1. The van der Waals surface area contributed by atoms with E-state index in [2.05, 4.69) is 6.58 Å². The van der Waals surface area contributed by atoms with Crippen LogP contribution in [0.4, 0.5) is 0 Å². The van der Waals surface area contributed by atoms with Gasteiger partial charge in [-0.15, -0.1) is 0 Å². The molecule has 122 valence electrons. The Bertz CT molecular complexity index is 384. The van der Waals surface area contributed by atoms with Gasteiger partial charge in [0.05, 0.1) is 18.8 Å². The quantitative estimate of drug-likeness (QED) is 0.437. The van der Waals surface area contributed by atoms with Crippen molar-refractivity contribution in [2.24, 2.45) is 5.73 Å². The summed E-state index contributed by atoms with van der Waals surface area (Å²) in [4.78, 5) is 11.5. The molecule has 21 heavy (non-hydrogen) atoms. The molecule has 1 aliphatic rings. The Hall–Kier alpha value is -0.990. The van der Waals surface area contributed by atoms with E-state index in [1.54, 1.807) is 20.8 Å². The molecular formula is C14H25NO6. The summed E-state index contributed by atoms with van der Waals surface area (Å²) in [6.45, 7) is 8.85. The number of rotatable bonds is 7. The molecule has 0 radical (unpaired) electrons. The summed E-state index contributed by atoms with van der Waals surface area (Å²) in [5.41, 5.74) is 5.57. The van der Waals surface area contributed by atoms with Crippen molar-refractivity contribution in [2.75, 3.05) is 13.2 Å². The van der Waals surface area contributed by atoms with Crippen molar-refractivity contribution in [3.8, 4) is 0 Å². The lowest BCUT2D eigenvalue weighted by Gasteiger charge is -2.25. The van der Waals surface area contributed by atoms with Crippen LogP contribution in [0.5, 0.6) is 0 Å². The average Bonchev–Trinajstić information content (AvgIpc) is 2.74. The van der Waals surface area contributed by atoms with Gasteiger partial charge in [0.15, 0.2) is 5.79 Å². The molecule has 1 aliphatic heterocycles. The van der Waals surface area contributed by atoms with E-state index in [0.717, 1.165) is 0 Å². The van der Waals surface area contributed by atoms with E-state index in [0.29, 0.717) is 0 Å². The van der Waals surface area contributed by atoms with E-state index in [-0.39, 0.29) is 25.1 Å². The molecule has 1 heterocycles. The SMILES string of the molecule is C=C(C[C@@H](O)C1OC(C)(C)OC1[C@H](O)CN)C(=O)OCC. The monoisotopic (exact) mass is 303 g/mol. The lowest BCUT2D eigenvalue weighted by atomic mass is 9.98. The molecule has 0 aromatic rings. The van der Waals surface area contributed by atoms with Crippen LogP contribution in [0.2, 0.25) is 0 Å². The molecule has 7 heteroatoms. The van der Waals surface area contributed by atoms with E-state index in [1.807, 2.05) is 0 Å². The van der Waals surface area contributed by atoms with Gasteiger partial charge >= 0.3 is 5.97 Å². The number of carbonyl (C=O) groups is 1. The maximum atomic E-state index is 11.5. The second kappa shape index (κ2) is 7.33. The molecule has 1 saturated heterocycles. The maximum Gasteiger partial charge on any atom is 0.333 e. The van der Waals surface area contributed by atoms with Crippen LogP contribution < -0.4 is 5.73 Å². The normalized spacial score (nSPS) is 27.1. The smallest absolute Gasteiger partial charge is 0.333 e. The van der Waals surface area contributed by atoms with Crippen molar-refractivity contribution < 1.29 is 29.2 Å². The third-order valence-corrected chi connectivity index (χ3v) is 3.18. The van der Waals surface area contributed by atoms with Crippen LogP contribution >= 0.6 is 0 Å². The van der Waals surface area contributed by atoms with Gasteiger partial charge < -0.3 is 30.2 Å². The van der Waals surface area contributed by atoms with Crippen LogP contribution in [0, 0.1) is 0 Å². The third-order valence-electron chi connectivity index (χ3n) is 3.18. The topological polar surface area (TPSA) is 111 Å². The van der Waals surface area contributed by atoms with Crippen molar-refractivity contribution in [2.45, 2.75) is 57.4 Å². The van der Waals surface area contributed by atoms with Gasteiger partial charge in [-0.3, -0.25) is 0 Å². The molecule has 0 saturated carbocycles. The van der Waals surface area contributed by atoms with E-state index in [4.69, 9.17) is 19.9 Å². The highest BCUT2D eigenvalue weighted by molar-refractivity contribution is 5.87. The predicted molar refractivity (Wildman–Crippen MR) is 75.3 cm³/mol. The first-order valence-electron chi connectivity index (χ1n) is 6.98. The molecule has 0 amide bonds. The summed E-state index contributed by atoms with van der Waals surface area (Å²) >= 11 is 0. The van der Waals surface area contributed by atoms with Crippen molar-refractivity contribution in [1.29, 1.82) is 0 Å². The number of hydrogen-bond donors (Lipinski definition) is 3. The Morgan fingerprint density at radius 3 is 2.33 bits per heavy atom. The van der Waals surface area contributed by atoms with Gasteiger partial charge in [-0.1, -0.05) is 6.58 Å². The molecule has 1 fully saturated rings.